The van der Waals surface area contributed by atoms with Crippen molar-refractivity contribution < 1.29 is 27.4 Å². The van der Waals surface area contributed by atoms with Crippen LogP contribution in [0.4, 0.5) is 13.2 Å². The Kier molecular flexibility index (Phi) is 4.43. The first kappa shape index (κ1) is 13.2. The molecule has 0 amide bonds. The van der Waals surface area contributed by atoms with Crippen LogP contribution >= 0.6 is 0 Å². The number of halogens is 3. The van der Waals surface area contributed by atoms with E-state index in [9.17, 15) is 13.2 Å². The second kappa shape index (κ2) is 6.06. The maximum absolute atomic E-state index is 13.2. The van der Waals surface area contributed by atoms with Crippen molar-refractivity contribution in [1.29, 1.82) is 0 Å². The van der Waals surface area contributed by atoms with Crippen LogP contribution in [0.3, 0.4) is 0 Å². The van der Waals surface area contributed by atoms with Crippen LogP contribution in [0.2, 0.25) is 0 Å². The first-order valence-electron chi connectivity index (χ1n) is 5.68. The first-order chi connectivity index (χ1) is 8.68. The molecule has 1 aliphatic rings. The lowest BCUT2D eigenvalue weighted by molar-refractivity contribution is -0.183. The molecule has 100 valence electrons. The lowest BCUT2D eigenvalue weighted by atomic mass is 10.3. The van der Waals surface area contributed by atoms with Crippen LogP contribution in [0.1, 0.15) is 12.8 Å². The highest BCUT2D eigenvalue weighted by Gasteiger charge is 2.17. The summed E-state index contributed by atoms with van der Waals surface area (Å²) in [7, 11) is 0. The number of ether oxygens (including phenoxy) is 3. The molecular weight excluding hydrogens is 249 g/mol. The lowest BCUT2D eigenvalue weighted by Gasteiger charge is -2.23. The second-order valence-corrected chi connectivity index (χ2v) is 3.84. The van der Waals surface area contributed by atoms with Gasteiger partial charge in [0.2, 0.25) is 5.82 Å². The Balaban J connectivity index is 1.84. The van der Waals surface area contributed by atoms with E-state index in [-0.39, 0.29) is 18.6 Å². The molecule has 1 aromatic rings. The smallest absolute Gasteiger partial charge is 0.203 e. The van der Waals surface area contributed by atoms with Gasteiger partial charge in [0.05, 0.1) is 19.8 Å². The molecule has 0 unspecified atom stereocenters. The summed E-state index contributed by atoms with van der Waals surface area (Å²) in [6.07, 6.45) is 0.861. The maximum Gasteiger partial charge on any atom is 0.203 e. The minimum absolute atomic E-state index is 0.104. The van der Waals surface area contributed by atoms with Gasteiger partial charge in [-0.2, -0.15) is 4.39 Å². The van der Waals surface area contributed by atoms with Crippen LogP contribution in [0, 0.1) is 17.5 Å². The third kappa shape index (κ3) is 3.14. The summed E-state index contributed by atoms with van der Waals surface area (Å²) < 4.78 is 54.3. The molecule has 0 spiro atoms. The van der Waals surface area contributed by atoms with E-state index in [0.29, 0.717) is 19.6 Å². The zero-order valence-corrected chi connectivity index (χ0v) is 9.63. The van der Waals surface area contributed by atoms with Gasteiger partial charge in [0.1, 0.15) is 0 Å². The summed E-state index contributed by atoms with van der Waals surface area (Å²) in [5, 5.41) is 0. The Morgan fingerprint density at radius 1 is 1.11 bits per heavy atom. The highest BCUT2D eigenvalue weighted by molar-refractivity contribution is 5.26. The molecule has 0 aliphatic carbocycles. The summed E-state index contributed by atoms with van der Waals surface area (Å²) in [6, 6.07) is 1.87. The monoisotopic (exact) mass is 262 g/mol. The van der Waals surface area contributed by atoms with Crippen LogP contribution < -0.4 is 4.74 Å². The van der Waals surface area contributed by atoms with Crippen LogP contribution in [0.5, 0.6) is 5.75 Å². The highest BCUT2D eigenvalue weighted by Crippen LogP contribution is 2.22. The molecule has 1 fully saturated rings. The zero-order chi connectivity index (χ0) is 13.0. The maximum atomic E-state index is 13.2. The van der Waals surface area contributed by atoms with Crippen LogP contribution in [0.15, 0.2) is 12.1 Å². The van der Waals surface area contributed by atoms with Gasteiger partial charge in [0.25, 0.3) is 0 Å². The van der Waals surface area contributed by atoms with Gasteiger partial charge in [0.15, 0.2) is 23.7 Å². The van der Waals surface area contributed by atoms with Crippen LogP contribution in [-0.2, 0) is 9.47 Å². The fourth-order valence-corrected chi connectivity index (χ4v) is 1.59. The molecule has 0 atom stereocenters. The molecular formula is C12H13F3O3. The van der Waals surface area contributed by atoms with E-state index >= 15 is 0 Å². The van der Waals surface area contributed by atoms with Crippen molar-refractivity contribution in [2.75, 3.05) is 19.8 Å². The molecule has 0 aromatic heterocycles. The molecule has 2 rings (SSSR count). The van der Waals surface area contributed by atoms with Crippen molar-refractivity contribution in [1.82, 2.24) is 0 Å². The Morgan fingerprint density at radius 2 is 1.83 bits per heavy atom. The molecule has 0 radical (unpaired) electrons. The molecule has 1 saturated heterocycles. The van der Waals surface area contributed by atoms with Gasteiger partial charge in [-0.3, -0.25) is 0 Å². The second-order valence-electron chi connectivity index (χ2n) is 3.84. The van der Waals surface area contributed by atoms with E-state index in [4.69, 9.17) is 14.2 Å². The third-order valence-corrected chi connectivity index (χ3v) is 2.51. The largest absolute Gasteiger partial charge is 0.490 e. The SMILES string of the molecule is Fc1ccc(OCCC2OCCCO2)c(F)c1F. The van der Waals surface area contributed by atoms with Gasteiger partial charge in [-0.1, -0.05) is 0 Å². The fraction of sp³-hybridized carbons (Fsp3) is 0.500. The molecule has 0 bridgehead atoms. The van der Waals surface area contributed by atoms with Crippen LogP contribution in [-0.4, -0.2) is 26.1 Å². The van der Waals surface area contributed by atoms with Gasteiger partial charge in [-0.25, -0.2) is 8.78 Å². The number of hydrogen-bond donors (Lipinski definition) is 0. The van der Waals surface area contributed by atoms with Gasteiger partial charge in [-0.05, 0) is 18.6 Å². The van der Waals surface area contributed by atoms with E-state index in [0.717, 1.165) is 18.6 Å². The van der Waals surface area contributed by atoms with E-state index in [1.54, 1.807) is 0 Å². The summed E-state index contributed by atoms with van der Waals surface area (Å²) in [5.74, 6) is -4.40. The highest BCUT2D eigenvalue weighted by atomic mass is 19.2. The van der Waals surface area contributed by atoms with Crippen molar-refractivity contribution in [2.45, 2.75) is 19.1 Å². The van der Waals surface area contributed by atoms with Crippen molar-refractivity contribution in [2.24, 2.45) is 0 Å². The first-order valence-corrected chi connectivity index (χ1v) is 5.68. The number of benzene rings is 1. The summed E-state index contributed by atoms with van der Waals surface area (Å²) in [4.78, 5) is 0. The molecule has 1 heterocycles. The molecule has 18 heavy (non-hydrogen) atoms. The van der Waals surface area contributed by atoms with Crippen molar-refractivity contribution >= 4 is 0 Å². The van der Waals surface area contributed by atoms with E-state index in [2.05, 4.69) is 0 Å². The van der Waals surface area contributed by atoms with Gasteiger partial charge in [0, 0.05) is 6.42 Å². The predicted octanol–water partition coefficient (Wildman–Crippen LogP) is 2.64. The molecule has 6 heteroatoms. The topological polar surface area (TPSA) is 27.7 Å². The normalized spacial score (nSPS) is 16.8. The van der Waals surface area contributed by atoms with Gasteiger partial charge >= 0.3 is 0 Å². The van der Waals surface area contributed by atoms with Crippen molar-refractivity contribution in [3.8, 4) is 5.75 Å². The lowest BCUT2D eigenvalue weighted by Crippen LogP contribution is -2.26. The van der Waals surface area contributed by atoms with E-state index in [1.807, 2.05) is 0 Å². The predicted molar refractivity (Wildman–Crippen MR) is 56.7 cm³/mol. The molecule has 1 aromatic carbocycles. The Bertz CT molecular complexity index is 406. The third-order valence-electron chi connectivity index (χ3n) is 2.51. The quantitative estimate of drug-likeness (QED) is 0.781. The average molecular weight is 262 g/mol. The molecule has 3 nitrogen and oxygen atoms in total. The Morgan fingerprint density at radius 3 is 2.56 bits per heavy atom. The van der Waals surface area contributed by atoms with E-state index in [1.165, 1.54) is 0 Å². The number of rotatable bonds is 4. The minimum atomic E-state index is -1.53. The van der Waals surface area contributed by atoms with Gasteiger partial charge < -0.3 is 14.2 Å². The fourth-order valence-electron chi connectivity index (χ4n) is 1.59. The summed E-state index contributed by atoms with van der Waals surface area (Å²) >= 11 is 0. The Hall–Kier alpha value is -1.27. The average Bonchev–Trinajstić information content (AvgIpc) is 2.40. The molecule has 0 N–H and O–H groups in total. The van der Waals surface area contributed by atoms with Crippen LogP contribution in [0.25, 0.3) is 0 Å². The van der Waals surface area contributed by atoms with Gasteiger partial charge in [-0.15, -0.1) is 0 Å². The summed E-state index contributed by atoms with van der Waals surface area (Å²) in [6.45, 7) is 1.33. The summed E-state index contributed by atoms with van der Waals surface area (Å²) in [5.41, 5.74) is 0. The number of hydrogen-bond acceptors (Lipinski definition) is 3. The minimum Gasteiger partial charge on any atom is -0.490 e. The molecule has 0 saturated carbocycles. The standard InChI is InChI=1S/C12H13F3O3/c13-8-2-3-9(12(15)11(8)14)16-7-4-10-17-5-1-6-18-10/h2-3,10H,1,4-7H2. The zero-order valence-electron chi connectivity index (χ0n) is 9.63. The Labute approximate surface area is 102 Å². The van der Waals surface area contributed by atoms with Crippen molar-refractivity contribution in [3.05, 3.63) is 29.6 Å². The van der Waals surface area contributed by atoms with E-state index < -0.39 is 17.5 Å². The molecule has 1 aliphatic heterocycles. The van der Waals surface area contributed by atoms with Crippen molar-refractivity contribution in [3.63, 3.8) is 0 Å².